The highest BCUT2D eigenvalue weighted by Crippen LogP contribution is 2.30. The number of nitrogen functional groups attached to an aromatic ring is 1. The van der Waals surface area contributed by atoms with Gasteiger partial charge < -0.3 is 11.1 Å². The first-order valence-corrected chi connectivity index (χ1v) is 6.07. The minimum Gasteiger partial charge on any atom is -0.394 e. The molecular weight excluding hydrogens is 269 g/mol. The van der Waals surface area contributed by atoms with Gasteiger partial charge in [0.1, 0.15) is 5.82 Å². The molecule has 0 aliphatic heterocycles. The predicted octanol–water partition coefficient (Wildman–Crippen LogP) is 3.52. The lowest BCUT2D eigenvalue weighted by Gasteiger charge is -2.14. The Labute approximate surface area is 114 Å². The number of aryl methyl sites for hydroxylation is 1. The Morgan fingerprint density at radius 3 is 2.50 bits per heavy atom. The van der Waals surface area contributed by atoms with Gasteiger partial charge in [0, 0.05) is 18.2 Å². The van der Waals surface area contributed by atoms with Crippen LogP contribution in [0.1, 0.15) is 25.6 Å². The summed E-state index contributed by atoms with van der Waals surface area (Å²) in [5, 5.41) is 6.81. The van der Waals surface area contributed by atoms with Gasteiger partial charge in [-0.05, 0) is 20.8 Å². The average molecular weight is 284 g/mol. The number of rotatable bonds is 3. The molecular formula is C13H15F3N4. The van der Waals surface area contributed by atoms with E-state index in [0.29, 0.717) is 23.3 Å². The molecule has 0 aliphatic rings. The first-order valence-electron chi connectivity index (χ1n) is 6.07. The van der Waals surface area contributed by atoms with Gasteiger partial charge in [0.2, 0.25) is 0 Å². The Morgan fingerprint density at radius 2 is 1.90 bits per heavy atom. The third kappa shape index (κ3) is 2.43. The fourth-order valence-electron chi connectivity index (χ4n) is 1.83. The first-order chi connectivity index (χ1) is 9.31. The predicted molar refractivity (Wildman–Crippen MR) is 71.4 cm³/mol. The van der Waals surface area contributed by atoms with Crippen molar-refractivity contribution in [2.45, 2.75) is 26.8 Å². The number of nitrogens with one attached hydrogen (secondary N) is 1. The fraction of sp³-hybridized carbons (Fsp3) is 0.308. The van der Waals surface area contributed by atoms with Crippen molar-refractivity contribution in [3.63, 3.8) is 0 Å². The van der Waals surface area contributed by atoms with Gasteiger partial charge in [-0.3, -0.25) is 0 Å². The van der Waals surface area contributed by atoms with E-state index in [1.54, 1.807) is 6.92 Å². The number of nitrogens with zero attached hydrogens (tertiary/aromatic N) is 2. The lowest BCUT2D eigenvalue weighted by atomic mass is 10.2. The Hall–Kier alpha value is -2.18. The SMILES string of the molecule is Cc1nn(C(C)C)c(Nc2cc(F)cc(F)c2F)c1N. The van der Waals surface area contributed by atoms with Gasteiger partial charge in [-0.1, -0.05) is 0 Å². The van der Waals surface area contributed by atoms with Crippen molar-refractivity contribution in [3.8, 4) is 0 Å². The van der Waals surface area contributed by atoms with Gasteiger partial charge in [-0.2, -0.15) is 5.10 Å². The summed E-state index contributed by atoms with van der Waals surface area (Å²) < 4.78 is 41.6. The van der Waals surface area contributed by atoms with Crippen molar-refractivity contribution in [2.24, 2.45) is 0 Å². The maximum atomic E-state index is 13.7. The van der Waals surface area contributed by atoms with Crippen molar-refractivity contribution in [3.05, 3.63) is 35.3 Å². The third-order valence-electron chi connectivity index (χ3n) is 2.87. The molecule has 0 saturated heterocycles. The second-order valence-electron chi connectivity index (χ2n) is 4.76. The topological polar surface area (TPSA) is 55.9 Å². The van der Waals surface area contributed by atoms with Crippen molar-refractivity contribution in [1.29, 1.82) is 0 Å². The van der Waals surface area contributed by atoms with Crippen LogP contribution in [0.2, 0.25) is 0 Å². The highest BCUT2D eigenvalue weighted by molar-refractivity contribution is 5.71. The molecule has 0 bridgehead atoms. The normalized spacial score (nSPS) is 11.2. The minimum absolute atomic E-state index is 0.0463. The fourth-order valence-corrected chi connectivity index (χ4v) is 1.83. The minimum atomic E-state index is -1.27. The van der Waals surface area contributed by atoms with Gasteiger partial charge in [0.05, 0.1) is 17.1 Å². The van der Waals surface area contributed by atoms with Gasteiger partial charge in [-0.15, -0.1) is 0 Å². The van der Waals surface area contributed by atoms with Crippen LogP contribution in [0.15, 0.2) is 12.1 Å². The molecule has 20 heavy (non-hydrogen) atoms. The summed E-state index contributed by atoms with van der Waals surface area (Å²) in [4.78, 5) is 0. The van der Waals surface area contributed by atoms with Crippen LogP contribution >= 0.6 is 0 Å². The second kappa shape index (κ2) is 5.07. The van der Waals surface area contributed by atoms with Crippen LogP contribution in [0.3, 0.4) is 0 Å². The van der Waals surface area contributed by atoms with Crippen molar-refractivity contribution >= 4 is 17.2 Å². The average Bonchev–Trinajstić information content (AvgIpc) is 2.63. The molecule has 0 radical (unpaired) electrons. The standard InChI is InChI=1S/C13H15F3N4/c1-6(2)20-13(12(17)7(3)19-20)18-10-5-8(14)4-9(15)11(10)16/h4-6,18H,17H2,1-3H3. The first kappa shape index (κ1) is 14.2. The number of aromatic nitrogens is 2. The number of benzene rings is 1. The van der Waals surface area contributed by atoms with Crippen LogP contribution < -0.4 is 11.1 Å². The lowest BCUT2D eigenvalue weighted by molar-refractivity contribution is 0.497. The maximum absolute atomic E-state index is 13.7. The van der Waals surface area contributed by atoms with E-state index in [2.05, 4.69) is 10.4 Å². The van der Waals surface area contributed by atoms with E-state index >= 15 is 0 Å². The summed E-state index contributed by atoms with van der Waals surface area (Å²) >= 11 is 0. The lowest BCUT2D eigenvalue weighted by Crippen LogP contribution is -2.09. The van der Waals surface area contributed by atoms with Gasteiger partial charge in [0.15, 0.2) is 17.5 Å². The molecule has 0 unspecified atom stereocenters. The summed E-state index contributed by atoms with van der Waals surface area (Å²) in [7, 11) is 0. The molecule has 108 valence electrons. The van der Waals surface area contributed by atoms with Crippen LogP contribution in [0.4, 0.5) is 30.4 Å². The van der Waals surface area contributed by atoms with Crippen LogP contribution in [-0.2, 0) is 0 Å². The Bertz CT molecular complexity index is 650. The Balaban J connectivity index is 2.50. The molecule has 1 aromatic heterocycles. The number of hydrogen-bond acceptors (Lipinski definition) is 3. The number of halogens is 3. The maximum Gasteiger partial charge on any atom is 0.182 e. The van der Waals surface area contributed by atoms with Crippen LogP contribution in [-0.4, -0.2) is 9.78 Å². The Morgan fingerprint density at radius 1 is 1.25 bits per heavy atom. The molecule has 0 amide bonds. The zero-order valence-electron chi connectivity index (χ0n) is 11.3. The molecule has 1 heterocycles. The third-order valence-corrected chi connectivity index (χ3v) is 2.87. The van der Waals surface area contributed by atoms with E-state index in [1.165, 1.54) is 4.68 Å². The molecule has 0 fully saturated rings. The zero-order valence-corrected chi connectivity index (χ0v) is 11.3. The smallest absolute Gasteiger partial charge is 0.182 e. The van der Waals surface area contributed by atoms with E-state index in [0.717, 1.165) is 6.07 Å². The monoisotopic (exact) mass is 284 g/mol. The summed E-state index contributed by atoms with van der Waals surface area (Å²) in [6.45, 7) is 5.42. The summed E-state index contributed by atoms with van der Waals surface area (Å²) in [5.41, 5.74) is 6.40. The van der Waals surface area contributed by atoms with Gasteiger partial charge in [-0.25, -0.2) is 17.9 Å². The zero-order chi connectivity index (χ0) is 15.0. The van der Waals surface area contributed by atoms with Crippen molar-refractivity contribution in [1.82, 2.24) is 9.78 Å². The van der Waals surface area contributed by atoms with Gasteiger partial charge in [0.25, 0.3) is 0 Å². The van der Waals surface area contributed by atoms with Crippen LogP contribution in [0.25, 0.3) is 0 Å². The molecule has 7 heteroatoms. The highest BCUT2D eigenvalue weighted by Gasteiger charge is 2.18. The van der Waals surface area contributed by atoms with Crippen LogP contribution in [0.5, 0.6) is 0 Å². The quantitative estimate of drug-likeness (QED) is 0.848. The van der Waals surface area contributed by atoms with Gasteiger partial charge >= 0.3 is 0 Å². The van der Waals surface area contributed by atoms with E-state index in [1.807, 2.05) is 13.8 Å². The summed E-state index contributed by atoms with van der Waals surface area (Å²) in [6.07, 6.45) is 0. The van der Waals surface area contributed by atoms with Crippen molar-refractivity contribution < 1.29 is 13.2 Å². The molecule has 1 aromatic carbocycles. The van der Waals surface area contributed by atoms with Crippen molar-refractivity contribution in [2.75, 3.05) is 11.1 Å². The number of anilines is 3. The van der Waals surface area contributed by atoms with E-state index in [9.17, 15) is 13.2 Å². The molecule has 0 atom stereocenters. The van der Waals surface area contributed by atoms with E-state index < -0.39 is 17.5 Å². The molecule has 3 N–H and O–H groups in total. The van der Waals surface area contributed by atoms with Crippen LogP contribution in [0, 0.1) is 24.4 Å². The summed E-state index contributed by atoms with van der Waals surface area (Å²) in [5.74, 6) is -3.00. The Kier molecular flexibility index (Phi) is 3.61. The van der Waals surface area contributed by atoms with E-state index in [4.69, 9.17) is 5.73 Å². The highest BCUT2D eigenvalue weighted by atomic mass is 19.2. The van der Waals surface area contributed by atoms with E-state index in [-0.39, 0.29) is 11.7 Å². The molecule has 0 spiro atoms. The molecule has 4 nitrogen and oxygen atoms in total. The number of hydrogen-bond donors (Lipinski definition) is 2. The molecule has 0 aliphatic carbocycles. The molecule has 2 rings (SSSR count). The number of nitrogens with two attached hydrogens (primary N) is 1. The summed E-state index contributed by atoms with van der Waals surface area (Å²) in [6, 6.07) is 1.30. The largest absolute Gasteiger partial charge is 0.394 e. The second-order valence-corrected chi connectivity index (χ2v) is 4.76. The molecule has 2 aromatic rings. The molecule has 0 saturated carbocycles.